The fraction of sp³-hybridized carbons (Fsp3) is 0.0870. The summed E-state index contributed by atoms with van der Waals surface area (Å²) in [5.74, 6) is -0.127. The highest BCUT2D eigenvalue weighted by Crippen LogP contribution is 2.27. The van der Waals surface area contributed by atoms with Crippen LogP contribution in [-0.4, -0.2) is 19.3 Å². The lowest BCUT2D eigenvalue weighted by molar-refractivity contribution is -0.115. The number of para-hydroxylation sites is 1. The predicted octanol–water partition coefficient (Wildman–Crippen LogP) is 4.98. The molecule has 0 bridgehead atoms. The first-order valence-electron chi connectivity index (χ1n) is 9.55. The molecule has 0 aliphatic heterocycles. The number of hydrogen-bond donors (Lipinski definition) is 3. The fourth-order valence-corrected chi connectivity index (χ4v) is 4.21. The Bertz CT molecular complexity index is 1280. The van der Waals surface area contributed by atoms with Crippen molar-refractivity contribution in [2.45, 2.75) is 18.2 Å². The van der Waals surface area contributed by atoms with Crippen molar-refractivity contribution in [2.24, 2.45) is 0 Å². The van der Waals surface area contributed by atoms with Gasteiger partial charge in [0, 0.05) is 40.0 Å². The number of aromatic nitrogens is 1. The third-order valence-electron chi connectivity index (χ3n) is 4.73. The maximum atomic E-state index is 12.8. The highest BCUT2D eigenvalue weighted by molar-refractivity contribution is 7.92. The zero-order chi connectivity index (χ0) is 21.1. The third kappa shape index (κ3) is 4.21. The van der Waals surface area contributed by atoms with E-state index in [1.54, 1.807) is 31.2 Å². The summed E-state index contributed by atoms with van der Waals surface area (Å²) in [5.41, 5.74) is 3.84. The van der Waals surface area contributed by atoms with Crippen LogP contribution in [0.1, 0.15) is 13.3 Å². The van der Waals surface area contributed by atoms with Gasteiger partial charge in [0.1, 0.15) is 0 Å². The molecule has 0 fully saturated rings. The molecule has 0 aliphatic rings. The van der Waals surface area contributed by atoms with Gasteiger partial charge in [0.25, 0.3) is 10.0 Å². The Kier molecular flexibility index (Phi) is 5.29. The van der Waals surface area contributed by atoms with Gasteiger partial charge >= 0.3 is 0 Å². The highest BCUT2D eigenvalue weighted by atomic mass is 32.2. The molecular formula is C23H21N3O3S. The second-order valence-corrected chi connectivity index (χ2v) is 8.57. The Morgan fingerprint density at radius 2 is 1.67 bits per heavy atom. The molecule has 7 heteroatoms. The lowest BCUT2D eigenvalue weighted by Crippen LogP contribution is -2.13. The van der Waals surface area contributed by atoms with Gasteiger partial charge in [0.05, 0.1) is 4.90 Å². The summed E-state index contributed by atoms with van der Waals surface area (Å²) in [7, 11) is -3.76. The summed E-state index contributed by atoms with van der Waals surface area (Å²) in [6.07, 6.45) is 0.355. The van der Waals surface area contributed by atoms with Crippen LogP contribution in [0.3, 0.4) is 0 Å². The molecule has 0 atom stereocenters. The first-order chi connectivity index (χ1) is 14.4. The van der Waals surface area contributed by atoms with Gasteiger partial charge < -0.3 is 10.3 Å². The van der Waals surface area contributed by atoms with Gasteiger partial charge in [-0.05, 0) is 48.5 Å². The SMILES string of the molecule is CCC(=O)Nc1ccc(S(=O)(=O)Nc2cccc(-c3cc4ccccc4[nH]3)c2)cc1. The smallest absolute Gasteiger partial charge is 0.261 e. The standard InChI is InChI=1S/C23H21N3O3S/c1-2-23(27)24-18-10-12-20(13-11-18)30(28,29)26-19-8-5-7-16(14-19)22-15-17-6-3-4-9-21(17)25-22/h3-15,25-26H,2H2,1H3,(H,24,27). The van der Waals surface area contributed by atoms with Crippen LogP contribution in [-0.2, 0) is 14.8 Å². The minimum absolute atomic E-state index is 0.119. The van der Waals surface area contributed by atoms with Crippen LogP contribution in [0.4, 0.5) is 11.4 Å². The van der Waals surface area contributed by atoms with Crippen molar-refractivity contribution in [1.82, 2.24) is 4.98 Å². The van der Waals surface area contributed by atoms with E-state index in [4.69, 9.17) is 0 Å². The van der Waals surface area contributed by atoms with E-state index in [1.165, 1.54) is 12.1 Å². The van der Waals surface area contributed by atoms with E-state index < -0.39 is 10.0 Å². The van der Waals surface area contributed by atoms with Crippen LogP contribution in [0.5, 0.6) is 0 Å². The van der Waals surface area contributed by atoms with Gasteiger partial charge in [0.15, 0.2) is 0 Å². The number of amides is 1. The molecule has 0 unspecified atom stereocenters. The van der Waals surface area contributed by atoms with Gasteiger partial charge in [-0.25, -0.2) is 8.42 Å². The van der Waals surface area contributed by atoms with E-state index in [2.05, 4.69) is 15.0 Å². The minimum atomic E-state index is -3.76. The summed E-state index contributed by atoms with van der Waals surface area (Å²) >= 11 is 0. The number of aromatic amines is 1. The highest BCUT2D eigenvalue weighted by Gasteiger charge is 2.15. The van der Waals surface area contributed by atoms with E-state index in [-0.39, 0.29) is 10.8 Å². The number of fused-ring (bicyclic) bond motifs is 1. The molecular weight excluding hydrogens is 398 g/mol. The molecule has 6 nitrogen and oxygen atoms in total. The maximum absolute atomic E-state index is 12.8. The van der Waals surface area contributed by atoms with Crippen LogP contribution >= 0.6 is 0 Å². The number of H-pyrrole nitrogens is 1. The normalized spacial score (nSPS) is 11.4. The van der Waals surface area contributed by atoms with E-state index >= 15 is 0 Å². The zero-order valence-corrected chi connectivity index (χ0v) is 17.2. The average Bonchev–Trinajstić information content (AvgIpc) is 3.18. The summed E-state index contributed by atoms with van der Waals surface area (Å²) in [5, 5.41) is 3.79. The van der Waals surface area contributed by atoms with Crippen molar-refractivity contribution < 1.29 is 13.2 Å². The molecule has 3 aromatic carbocycles. The Hall–Kier alpha value is -3.58. The Labute approximate surface area is 175 Å². The van der Waals surface area contributed by atoms with Crippen LogP contribution < -0.4 is 10.0 Å². The van der Waals surface area contributed by atoms with Crippen molar-refractivity contribution in [3.8, 4) is 11.3 Å². The molecule has 4 rings (SSSR count). The van der Waals surface area contributed by atoms with Crippen molar-refractivity contribution in [3.63, 3.8) is 0 Å². The fourth-order valence-electron chi connectivity index (χ4n) is 3.16. The zero-order valence-electron chi connectivity index (χ0n) is 16.3. The number of rotatable bonds is 6. The topological polar surface area (TPSA) is 91.1 Å². The summed E-state index contributed by atoms with van der Waals surface area (Å²) in [6, 6.07) is 23.3. The molecule has 4 aromatic rings. The summed E-state index contributed by atoms with van der Waals surface area (Å²) in [4.78, 5) is 14.9. The molecule has 1 heterocycles. The quantitative estimate of drug-likeness (QED) is 0.411. The van der Waals surface area contributed by atoms with Gasteiger partial charge in [-0.3, -0.25) is 9.52 Å². The second kappa shape index (κ2) is 8.04. The lowest BCUT2D eigenvalue weighted by atomic mass is 10.1. The molecule has 0 spiro atoms. The average molecular weight is 420 g/mol. The number of benzene rings is 3. The van der Waals surface area contributed by atoms with Gasteiger partial charge in [-0.2, -0.15) is 0 Å². The van der Waals surface area contributed by atoms with Crippen LogP contribution in [0.25, 0.3) is 22.2 Å². The van der Waals surface area contributed by atoms with Crippen LogP contribution in [0.2, 0.25) is 0 Å². The predicted molar refractivity (Wildman–Crippen MR) is 120 cm³/mol. The minimum Gasteiger partial charge on any atom is -0.355 e. The van der Waals surface area contributed by atoms with Gasteiger partial charge in [0.2, 0.25) is 5.91 Å². The largest absolute Gasteiger partial charge is 0.355 e. The molecule has 0 radical (unpaired) electrons. The third-order valence-corrected chi connectivity index (χ3v) is 6.12. The molecule has 0 aliphatic carbocycles. The maximum Gasteiger partial charge on any atom is 0.261 e. The van der Waals surface area contributed by atoms with E-state index in [0.29, 0.717) is 17.8 Å². The molecule has 3 N–H and O–H groups in total. The van der Waals surface area contributed by atoms with Gasteiger partial charge in [-0.15, -0.1) is 0 Å². The molecule has 1 amide bonds. The molecule has 0 saturated heterocycles. The Morgan fingerprint density at radius 3 is 2.40 bits per heavy atom. The van der Waals surface area contributed by atoms with Crippen LogP contribution in [0, 0.1) is 0 Å². The van der Waals surface area contributed by atoms with E-state index in [9.17, 15) is 13.2 Å². The number of nitrogens with one attached hydrogen (secondary N) is 3. The first-order valence-corrected chi connectivity index (χ1v) is 11.0. The van der Waals surface area contributed by atoms with Crippen LogP contribution in [0.15, 0.2) is 83.8 Å². The number of carbonyl (C=O) groups excluding carboxylic acids is 1. The molecule has 152 valence electrons. The number of sulfonamides is 1. The van der Waals surface area contributed by atoms with E-state index in [0.717, 1.165) is 22.2 Å². The van der Waals surface area contributed by atoms with Gasteiger partial charge in [-0.1, -0.05) is 37.3 Å². The molecule has 0 saturated carbocycles. The Morgan fingerprint density at radius 1 is 0.900 bits per heavy atom. The summed E-state index contributed by atoms with van der Waals surface area (Å²) < 4.78 is 28.2. The second-order valence-electron chi connectivity index (χ2n) is 6.88. The summed E-state index contributed by atoms with van der Waals surface area (Å²) in [6.45, 7) is 1.75. The molecule has 1 aromatic heterocycles. The molecule has 30 heavy (non-hydrogen) atoms. The lowest BCUT2D eigenvalue weighted by Gasteiger charge is -2.10. The number of carbonyl (C=O) groups is 1. The van der Waals surface area contributed by atoms with Crippen molar-refractivity contribution >= 4 is 38.2 Å². The Balaban J connectivity index is 1.56. The van der Waals surface area contributed by atoms with E-state index in [1.807, 2.05) is 42.5 Å². The van der Waals surface area contributed by atoms with Crippen molar-refractivity contribution in [1.29, 1.82) is 0 Å². The number of anilines is 2. The first kappa shape index (κ1) is 19.7. The van der Waals surface area contributed by atoms with Crippen molar-refractivity contribution in [3.05, 3.63) is 78.9 Å². The monoisotopic (exact) mass is 419 g/mol. The van der Waals surface area contributed by atoms with Crippen molar-refractivity contribution in [2.75, 3.05) is 10.0 Å². The number of hydrogen-bond acceptors (Lipinski definition) is 3.